The number of rotatable bonds is 4. The van der Waals surface area contributed by atoms with Gasteiger partial charge in [-0.2, -0.15) is 0 Å². The van der Waals surface area contributed by atoms with Crippen LogP contribution in [0.5, 0.6) is 0 Å². The molecule has 3 rings (SSSR count). The van der Waals surface area contributed by atoms with E-state index >= 15 is 0 Å². The maximum Gasteiger partial charge on any atom is 0.184 e. The summed E-state index contributed by atoms with van der Waals surface area (Å²) in [6.07, 6.45) is 5.21. The van der Waals surface area contributed by atoms with E-state index in [1.165, 1.54) is 0 Å². The number of piperazine rings is 1. The van der Waals surface area contributed by atoms with E-state index in [-0.39, 0.29) is 12.4 Å². The van der Waals surface area contributed by atoms with Gasteiger partial charge in [0.25, 0.3) is 0 Å². The zero-order valence-corrected chi connectivity index (χ0v) is 13.3. The summed E-state index contributed by atoms with van der Waals surface area (Å²) in [6, 6.07) is 7.63. The Balaban J connectivity index is 1.46. The van der Waals surface area contributed by atoms with E-state index < -0.39 is 0 Å². The average Bonchev–Trinajstić information content (AvgIpc) is 2.99. The molecule has 5 heteroatoms. The number of nitrogens with zero attached hydrogens (tertiary/aromatic N) is 2. The van der Waals surface area contributed by atoms with Gasteiger partial charge in [-0.3, -0.25) is 9.80 Å². The zero-order chi connectivity index (χ0) is 15.4. The molecule has 0 bridgehead atoms. The van der Waals surface area contributed by atoms with Gasteiger partial charge in [0.2, 0.25) is 0 Å². The standard InChI is InChI=1S/C17H21ClN2O2/c1-2-7-19-8-10-20(11-9-19)12-16-13-21-17(22-16)14-3-5-15(18)6-4-14/h1,3-6,16-17H,7-13H2/t16-,17+/m0/s1. The van der Waals surface area contributed by atoms with Gasteiger partial charge in [-0.25, -0.2) is 0 Å². The predicted octanol–water partition coefficient (Wildman–Crippen LogP) is 2.00. The van der Waals surface area contributed by atoms with Crippen molar-refractivity contribution in [2.75, 3.05) is 45.9 Å². The number of hydrogen-bond donors (Lipinski definition) is 0. The third kappa shape index (κ3) is 4.01. The van der Waals surface area contributed by atoms with Crippen molar-refractivity contribution in [1.29, 1.82) is 0 Å². The highest BCUT2D eigenvalue weighted by Crippen LogP contribution is 2.28. The van der Waals surface area contributed by atoms with Crippen molar-refractivity contribution >= 4 is 11.6 Å². The van der Waals surface area contributed by atoms with E-state index in [4.69, 9.17) is 27.5 Å². The minimum Gasteiger partial charge on any atom is -0.346 e. The molecule has 0 aliphatic carbocycles. The normalized spacial score (nSPS) is 26.9. The van der Waals surface area contributed by atoms with Gasteiger partial charge in [-0.1, -0.05) is 29.7 Å². The third-order valence-electron chi connectivity index (χ3n) is 4.13. The first-order valence-corrected chi connectivity index (χ1v) is 8.03. The molecule has 0 spiro atoms. The molecule has 1 aromatic carbocycles. The molecule has 0 radical (unpaired) electrons. The van der Waals surface area contributed by atoms with Crippen molar-refractivity contribution < 1.29 is 9.47 Å². The summed E-state index contributed by atoms with van der Waals surface area (Å²) in [4.78, 5) is 4.73. The predicted molar refractivity (Wildman–Crippen MR) is 86.7 cm³/mol. The zero-order valence-electron chi connectivity index (χ0n) is 12.6. The summed E-state index contributed by atoms with van der Waals surface area (Å²) >= 11 is 5.91. The van der Waals surface area contributed by atoms with E-state index in [9.17, 15) is 0 Å². The van der Waals surface area contributed by atoms with E-state index in [2.05, 4.69) is 15.7 Å². The summed E-state index contributed by atoms with van der Waals surface area (Å²) in [5.41, 5.74) is 1.02. The fraction of sp³-hybridized carbons (Fsp3) is 0.529. The van der Waals surface area contributed by atoms with Gasteiger partial charge in [0.15, 0.2) is 6.29 Å². The minimum absolute atomic E-state index is 0.125. The summed E-state index contributed by atoms with van der Waals surface area (Å²) in [5.74, 6) is 2.71. The second-order valence-electron chi connectivity index (χ2n) is 5.76. The van der Waals surface area contributed by atoms with Gasteiger partial charge in [0.1, 0.15) is 0 Å². The van der Waals surface area contributed by atoms with Crippen LogP contribution in [0.25, 0.3) is 0 Å². The van der Waals surface area contributed by atoms with Crippen LogP contribution in [0.15, 0.2) is 24.3 Å². The lowest BCUT2D eigenvalue weighted by Crippen LogP contribution is -2.48. The molecule has 2 fully saturated rings. The van der Waals surface area contributed by atoms with Crippen LogP contribution in [0, 0.1) is 12.3 Å². The molecule has 4 nitrogen and oxygen atoms in total. The lowest BCUT2D eigenvalue weighted by molar-refractivity contribution is -0.0655. The molecule has 118 valence electrons. The van der Waals surface area contributed by atoms with Gasteiger partial charge in [-0.15, -0.1) is 6.42 Å². The smallest absolute Gasteiger partial charge is 0.184 e. The summed E-state index contributed by atoms with van der Waals surface area (Å²) in [7, 11) is 0. The number of benzene rings is 1. The monoisotopic (exact) mass is 320 g/mol. The topological polar surface area (TPSA) is 24.9 Å². The first kappa shape index (κ1) is 15.8. The van der Waals surface area contributed by atoms with Crippen LogP contribution < -0.4 is 0 Å². The molecule has 2 atom stereocenters. The van der Waals surface area contributed by atoms with E-state index in [0.29, 0.717) is 6.61 Å². The Morgan fingerprint density at radius 1 is 1.14 bits per heavy atom. The van der Waals surface area contributed by atoms with E-state index in [1.807, 2.05) is 24.3 Å². The molecule has 0 saturated carbocycles. The van der Waals surface area contributed by atoms with Crippen LogP contribution in [0.3, 0.4) is 0 Å². The van der Waals surface area contributed by atoms with Crippen LogP contribution in [0.1, 0.15) is 11.9 Å². The fourth-order valence-corrected chi connectivity index (χ4v) is 3.01. The maximum atomic E-state index is 6.01. The van der Waals surface area contributed by atoms with Gasteiger partial charge in [-0.05, 0) is 12.1 Å². The third-order valence-corrected chi connectivity index (χ3v) is 4.39. The Morgan fingerprint density at radius 3 is 2.50 bits per heavy atom. The van der Waals surface area contributed by atoms with Crippen molar-refractivity contribution in [3.8, 4) is 12.3 Å². The molecule has 0 N–H and O–H groups in total. The molecule has 2 aliphatic rings. The molecule has 0 amide bonds. The second kappa shape index (κ2) is 7.45. The van der Waals surface area contributed by atoms with Crippen LogP contribution in [-0.4, -0.2) is 61.8 Å². The number of terminal acetylenes is 1. The van der Waals surface area contributed by atoms with Crippen molar-refractivity contribution in [3.05, 3.63) is 34.9 Å². The number of hydrogen-bond acceptors (Lipinski definition) is 4. The molecule has 2 heterocycles. The van der Waals surface area contributed by atoms with Crippen LogP contribution in [0.4, 0.5) is 0 Å². The molecule has 0 unspecified atom stereocenters. The van der Waals surface area contributed by atoms with E-state index in [1.54, 1.807) is 0 Å². The van der Waals surface area contributed by atoms with Gasteiger partial charge in [0.05, 0.1) is 19.3 Å². The highest BCUT2D eigenvalue weighted by atomic mass is 35.5. The Kier molecular flexibility index (Phi) is 5.35. The lowest BCUT2D eigenvalue weighted by Gasteiger charge is -2.34. The van der Waals surface area contributed by atoms with Crippen LogP contribution in [0.2, 0.25) is 5.02 Å². The largest absolute Gasteiger partial charge is 0.346 e. The molecule has 0 aromatic heterocycles. The molecule has 1 aromatic rings. The average molecular weight is 321 g/mol. The Bertz CT molecular complexity index is 520. The summed E-state index contributed by atoms with van der Waals surface area (Å²) < 4.78 is 11.8. The maximum absolute atomic E-state index is 6.01. The van der Waals surface area contributed by atoms with Crippen LogP contribution >= 0.6 is 11.6 Å². The van der Waals surface area contributed by atoms with Crippen LogP contribution in [-0.2, 0) is 9.47 Å². The van der Waals surface area contributed by atoms with Crippen molar-refractivity contribution in [1.82, 2.24) is 9.80 Å². The van der Waals surface area contributed by atoms with E-state index in [0.717, 1.165) is 49.9 Å². The lowest BCUT2D eigenvalue weighted by atomic mass is 10.2. The first-order chi connectivity index (χ1) is 10.7. The quantitative estimate of drug-likeness (QED) is 0.792. The van der Waals surface area contributed by atoms with Gasteiger partial charge < -0.3 is 9.47 Å². The van der Waals surface area contributed by atoms with Crippen molar-refractivity contribution in [2.24, 2.45) is 0 Å². The van der Waals surface area contributed by atoms with Crippen molar-refractivity contribution in [2.45, 2.75) is 12.4 Å². The molecule has 2 aliphatic heterocycles. The van der Waals surface area contributed by atoms with Gasteiger partial charge >= 0.3 is 0 Å². The first-order valence-electron chi connectivity index (χ1n) is 7.65. The fourth-order valence-electron chi connectivity index (χ4n) is 2.89. The Morgan fingerprint density at radius 2 is 1.82 bits per heavy atom. The SMILES string of the molecule is C#CCN1CCN(C[C@H]2CO[C@@H](c3ccc(Cl)cc3)O2)CC1. The molecule has 2 saturated heterocycles. The highest BCUT2D eigenvalue weighted by Gasteiger charge is 2.29. The summed E-state index contributed by atoms with van der Waals surface area (Å²) in [5, 5.41) is 0.725. The number of ether oxygens (including phenoxy) is 2. The number of halogens is 1. The Hall–Kier alpha value is -1.09. The highest BCUT2D eigenvalue weighted by molar-refractivity contribution is 6.30. The van der Waals surface area contributed by atoms with Gasteiger partial charge in [0, 0.05) is 43.3 Å². The summed E-state index contributed by atoms with van der Waals surface area (Å²) in [6.45, 7) is 6.42. The minimum atomic E-state index is -0.273. The second-order valence-corrected chi connectivity index (χ2v) is 6.19. The molecule has 22 heavy (non-hydrogen) atoms. The molecular weight excluding hydrogens is 300 g/mol. The Labute approximate surface area is 136 Å². The van der Waals surface area contributed by atoms with Crippen molar-refractivity contribution in [3.63, 3.8) is 0 Å². The molecular formula is C17H21ClN2O2.